The fraction of sp³-hybridized carbons (Fsp3) is 0.286. The standard InChI is InChI=1S/C14H17N3O2/c1-19-12-4-2-10(3-5-12)8-11-9-14(18)17-13(16-11)6-7-15/h2-5,9H,6-8,15H2,1H3,(H,16,17,18). The van der Waals surface area contributed by atoms with Gasteiger partial charge in [-0.15, -0.1) is 0 Å². The first kappa shape index (κ1) is 13.3. The van der Waals surface area contributed by atoms with Crippen LogP contribution in [0.1, 0.15) is 17.1 Å². The van der Waals surface area contributed by atoms with Gasteiger partial charge in [0.2, 0.25) is 0 Å². The van der Waals surface area contributed by atoms with Crippen molar-refractivity contribution in [1.82, 2.24) is 9.97 Å². The molecule has 0 saturated heterocycles. The predicted molar refractivity (Wildman–Crippen MR) is 73.4 cm³/mol. The molecule has 5 nitrogen and oxygen atoms in total. The zero-order valence-electron chi connectivity index (χ0n) is 10.8. The number of nitrogens with one attached hydrogen (secondary N) is 1. The van der Waals surface area contributed by atoms with E-state index in [1.807, 2.05) is 24.3 Å². The SMILES string of the molecule is COc1ccc(Cc2cc(=O)[nH]c(CCN)n2)cc1. The van der Waals surface area contributed by atoms with Crippen LogP contribution in [0, 0.1) is 0 Å². The second-order valence-corrected chi connectivity index (χ2v) is 4.25. The number of hydrogen-bond donors (Lipinski definition) is 2. The van der Waals surface area contributed by atoms with Crippen LogP contribution in [0.5, 0.6) is 5.75 Å². The van der Waals surface area contributed by atoms with Gasteiger partial charge in [0.25, 0.3) is 5.56 Å². The van der Waals surface area contributed by atoms with Crippen LogP contribution < -0.4 is 16.0 Å². The van der Waals surface area contributed by atoms with Crippen molar-refractivity contribution in [2.45, 2.75) is 12.8 Å². The number of aromatic nitrogens is 2. The molecule has 0 aliphatic carbocycles. The Morgan fingerprint density at radius 1 is 1.32 bits per heavy atom. The summed E-state index contributed by atoms with van der Waals surface area (Å²) in [6, 6.07) is 9.23. The van der Waals surface area contributed by atoms with E-state index < -0.39 is 0 Å². The van der Waals surface area contributed by atoms with E-state index in [2.05, 4.69) is 9.97 Å². The van der Waals surface area contributed by atoms with Gasteiger partial charge in [-0.2, -0.15) is 0 Å². The lowest BCUT2D eigenvalue weighted by atomic mass is 10.1. The van der Waals surface area contributed by atoms with Crippen molar-refractivity contribution >= 4 is 0 Å². The van der Waals surface area contributed by atoms with Crippen molar-refractivity contribution in [1.29, 1.82) is 0 Å². The van der Waals surface area contributed by atoms with Gasteiger partial charge in [0.05, 0.1) is 12.8 Å². The smallest absolute Gasteiger partial charge is 0.251 e. The first-order valence-electron chi connectivity index (χ1n) is 6.13. The number of methoxy groups -OCH3 is 1. The van der Waals surface area contributed by atoms with Gasteiger partial charge >= 0.3 is 0 Å². The number of hydrogen-bond acceptors (Lipinski definition) is 4. The van der Waals surface area contributed by atoms with E-state index in [0.29, 0.717) is 25.2 Å². The van der Waals surface area contributed by atoms with Crippen molar-refractivity contribution in [2.75, 3.05) is 13.7 Å². The Hall–Kier alpha value is -2.14. The number of rotatable bonds is 5. The van der Waals surface area contributed by atoms with E-state index >= 15 is 0 Å². The third-order valence-corrected chi connectivity index (χ3v) is 2.77. The molecule has 0 fully saturated rings. The first-order valence-corrected chi connectivity index (χ1v) is 6.13. The average molecular weight is 259 g/mol. The van der Waals surface area contributed by atoms with Gasteiger partial charge in [-0.05, 0) is 24.2 Å². The molecule has 1 heterocycles. The molecule has 0 aliphatic rings. The third kappa shape index (κ3) is 3.66. The lowest BCUT2D eigenvalue weighted by Crippen LogP contribution is -2.16. The van der Waals surface area contributed by atoms with Crippen LogP contribution >= 0.6 is 0 Å². The van der Waals surface area contributed by atoms with E-state index in [9.17, 15) is 4.79 Å². The molecule has 5 heteroatoms. The summed E-state index contributed by atoms with van der Waals surface area (Å²) in [6.45, 7) is 0.467. The highest BCUT2D eigenvalue weighted by Gasteiger charge is 2.03. The molecule has 3 N–H and O–H groups in total. The van der Waals surface area contributed by atoms with Gasteiger partial charge in [0.1, 0.15) is 11.6 Å². The second-order valence-electron chi connectivity index (χ2n) is 4.25. The Kier molecular flexibility index (Phi) is 4.30. The number of nitrogens with two attached hydrogens (primary N) is 1. The van der Waals surface area contributed by atoms with Gasteiger partial charge < -0.3 is 15.5 Å². The Labute approximate surface area is 111 Å². The van der Waals surface area contributed by atoms with Crippen molar-refractivity contribution in [2.24, 2.45) is 5.73 Å². The molecule has 0 unspecified atom stereocenters. The molecule has 2 aromatic rings. The van der Waals surface area contributed by atoms with Crippen molar-refractivity contribution < 1.29 is 4.74 Å². The Morgan fingerprint density at radius 3 is 2.68 bits per heavy atom. The quantitative estimate of drug-likeness (QED) is 0.835. The van der Waals surface area contributed by atoms with Gasteiger partial charge in [-0.3, -0.25) is 4.79 Å². The summed E-state index contributed by atoms with van der Waals surface area (Å²) in [4.78, 5) is 18.6. The minimum Gasteiger partial charge on any atom is -0.497 e. The molecule has 19 heavy (non-hydrogen) atoms. The van der Waals surface area contributed by atoms with Crippen molar-refractivity contribution in [3.63, 3.8) is 0 Å². The summed E-state index contributed by atoms with van der Waals surface area (Å²) in [5.74, 6) is 1.45. The van der Waals surface area contributed by atoms with Crippen LogP contribution in [0.4, 0.5) is 0 Å². The number of aromatic amines is 1. The molecule has 0 spiro atoms. The molecule has 0 aliphatic heterocycles. The normalized spacial score (nSPS) is 10.4. The summed E-state index contributed by atoms with van der Waals surface area (Å²) in [5.41, 5.74) is 7.16. The number of H-pyrrole nitrogens is 1. The number of benzene rings is 1. The highest BCUT2D eigenvalue weighted by atomic mass is 16.5. The van der Waals surface area contributed by atoms with E-state index in [4.69, 9.17) is 10.5 Å². The molecule has 100 valence electrons. The Balaban J connectivity index is 2.19. The summed E-state index contributed by atoms with van der Waals surface area (Å²) >= 11 is 0. The maximum Gasteiger partial charge on any atom is 0.251 e. The number of ether oxygens (including phenoxy) is 1. The third-order valence-electron chi connectivity index (χ3n) is 2.77. The van der Waals surface area contributed by atoms with E-state index in [-0.39, 0.29) is 5.56 Å². The topological polar surface area (TPSA) is 81.0 Å². The Bertz CT molecular complexity index is 590. The fourth-order valence-corrected chi connectivity index (χ4v) is 1.86. The highest BCUT2D eigenvalue weighted by molar-refractivity contribution is 5.29. The average Bonchev–Trinajstić information content (AvgIpc) is 2.39. The van der Waals surface area contributed by atoms with Crippen LogP contribution in [0.2, 0.25) is 0 Å². The molecule has 1 aromatic heterocycles. The van der Waals surface area contributed by atoms with Crippen molar-refractivity contribution in [3.05, 3.63) is 57.8 Å². The lowest BCUT2D eigenvalue weighted by molar-refractivity contribution is 0.414. The maximum absolute atomic E-state index is 11.5. The van der Waals surface area contributed by atoms with E-state index in [1.54, 1.807) is 7.11 Å². The van der Waals surface area contributed by atoms with E-state index in [0.717, 1.165) is 17.0 Å². The minimum atomic E-state index is -0.137. The van der Waals surface area contributed by atoms with Gasteiger partial charge in [0, 0.05) is 18.9 Å². The van der Waals surface area contributed by atoms with Gasteiger partial charge in [-0.1, -0.05) is 12.1 Å². The summed E-state index contributed by atoms with van der Waals surface area (Å²) in [6.07, 6.45) is 1.19. The van der Waals surface area contributed by atoms with Crippen LogP contribution in [-0.2, 0) is 12.8 Å². The molecule has 1 aromatic carbocycles. The Morgan fingerprint density at radius 2 is 2.05 bits per heavy atom. The largest absolute Gasteiger partial charge is 0.497 e. The lowest BCUT2D eigenvalue weighted by Gasteiger charge is -2.05. The molecular formula is C14H17N3O2. The van der Waals surface area contributed by atoms with Crippen LogP contribution in [0.25, 0.3) is 0 Å². The van der Waals surface area contributed by atoms with Gasteiger partial charge in [0.15, 0.2) is 0 Å². The molecular weight excluding hydrogens is 242 g/mol. The van der Waals surface area contributed by atoms with Crippen LogP contribution in [-0.4, -0.2) is 23.6 Å². The first-order chi connectivity index (χ1) is 9.21. The second kappa shape index (κ2) is 6.15. The summed E-state index contributed by atoms with van der Waals surface area (Å²) < 4.78 is 5.11. The zero-order chi connectivity index (χ0) is 13.7. The summed E-state index contributed by atoms with van der Waals surface area (Å²) in [7, 11) is 1.63. The maximum atomic E-state index is 11.5. The molecule has 0 radical (unpaired) electrons. The van der Waals surface area contributed by atoms with E-state index in [1.165, 1.54) is 6.07 Å². The van der Waals surface area contributed by atoms with Gasteiger partial charge in [-0.25, -0.2) is 4.98 Å². The number of nitrogens with zero attached hydrogens (tertiary/aromatic N) is 1. The van der Waals surface area contributed by atoms with Crippen LogP contribution in [0.15, 0.2) is 35.1 Å². The molecule has 0 atom stereocenters. The highest BCUT2D eigenvalue weighted by Crippen LogP contribution is 2.13. The monoisotopic (exact) mass is 259 g/mol. The zero-order valence-corrected chi connectivity index (χ0v) is 10.8. The predicted octanol–water partition coefficient (Wildman–Crippen LogP) is 0.870. The fourth-order valence-electron chi connectivity index (χ4n) is 1.86. The van der Waals surface area contributed by atoms with Crippen molar-refractivity contribution in [3.8, 4) is 5.75 Å². The van der Waals surface area contributed by atoms with Crippen LogP contribution in [0.3, 0.4) is 0 Å². The minimum absolute atomic E-state index is 0.137. The summed E-state index contributed by atoms with van der Waals surface area (Å²) in [5, 5.41) is 0. The molecule has 0 saturated carbocycles. The molecule has 0 bridgehead atoms. The molecule has 0 amide bonds. The molecule has 2 rings (SSSR count).